The van der Waals surface area contributed by atoms with E-state index in [1.807, 2.05) is 27.7 Å². The van der Waals surface area contributed by atoms with E-state index in [-0.39, 0.29) is 12.5 Å². The van der Waals surface area contributed by atoms with E-state index in [4.69, 9.17) is 4.74 Å². The van der Waals surface area contributed by atoms with Gasteiger partial charge in [0.25, 0.3) is 0 Å². The summed E-state index contributed by atoms with van der Waals surface area (Å²) in [5, 5.41) is 3.25. The second-order valence-electron chi connectivity index (χ2n) is 4.72. The van der Waals surface area contributed by atoms with Crippen molar-refractivity contribution >= 4 is 0 Å². The lowest BCUT2D eigenvalue weighted by molar-refractivity contribution is -0.137. The van der Waals surface area contributed by atoms with Gasteiger partial charge in [0.05, 0.1) is 5.60 Å². The Morgan fingerprint density at radius 3 is 2.17 bits per heavy atom. The van der Waals surface area contributed by atoms with Crippen LogP contribution in [0.25, 0.3) is 0 Å². The largest absolute Gasteiger partial charge is 0.389 e. The lowest BCUT2D eigenvalue weighted by Gasteiger charge is -2.37. The fourth-order valence-corrected chi connectivity index (χ4v) is 2.16. The van der Waals surface area contributed by atoms with Crippen molar-refractivity contribution in [3.8, 4) is 0 Å². The van der Waals surface area contributed by atoms with Gasteiger partial charge >= 0.3 is 6.18 Å². The molecule has 0 spiro atoms. The van der Waals surface area contributed by atoms with Crippen LogP contribution in [0.2, 0.25) is 0 Å². The van der Waals surface area contributed by atoms with E-state index in [0.29, 0.717) is 13.0 Å². The van der Waals surface area contributed by atoms with Crippen LogP contribution in [0.4, 0.5) is 13.2 Å². The van der Waals surface area contributed by atoms with Gasteiger partial charge in [-0.05, 0) is 39.7 Å². The van der Waals surface area contributed by atoms with E-state index in [1.165, 1.54) is 0 Å². The van der Waals surface area contributed by atoms with Crippen molar-refractivity contribution < 1.29 is 17.9 Å². The molecule has 0 bridgehead atoms. The summed E-state index contributed by atoms with van der Waals surface area (Å²) in [5.41, 5.74) is -0.393. The fourth-order valence-electron chi connectivity index (χ4n) is 2.16. The number of halogens is 3. The van der Waals surface area contributed by atoms with Gasteiger partial charge in [-0.3, -0.25) is 0 Å². The van der Waals surface area contributed by atoms with Crippen molar-refractivity contribution in [3.63, 3.8) is 0 Å². The van der Waals surface area contributed by atoms with Crippen LogP contribution in [0.15, 0.2) is 0 Å². The molecule has 0 aliphatic rings. The van der Waals surface area contributed by atoms with Gasteiger partial charge in [0.1, 0.15) is 0 Å². The van der Waals surface area contributed by atoms with Crippen molar-refractivity contribution in [1.29, 1.82) is 0 Å². The lowest BCUT2D eigenvalue weighted by Crippen LogP contribution is -2.50. The number of alkyl halides is 3. The topological polar surface area (TPSA) is 21.3 Å². The first-order valence-corrected chi connectivity index (χ1v) is 6.73. The Kier molecular flexibility index (Phi) is 7.87. The highest BCUT2D eigenvalue weighted by Gasteiger charge is 2.34. The van der Waals surface area contributed by atoms with Crippen LogP contribution in [0, 0.1) is 0 Å². The number of ether oxygens (including phenoxy) is 1. The molecule has 0 saturated carbocycles. The molecule has 0 fully saturated rings. The highest BCUT2D eigenvalue weighted by Crippen LogP contribution is 2.27. The predicted octanol–water partition coefficient (Wildman–Crippen LogP) is 3.90. The molecule has 2 unspecified atom stereocenters. The van der Waals surface area contributed by atoms with Gasteiger partial charge in [0, 0.05) is 19.1 Å². The Morgan fingerprint density at radius 1 is 1.17 bits per heavy atom. The van der Waals surface area contributed by atoms with Crippen LogP contribution in [-0.2, 0) is 4.74 Å². The van der Waals surface area contributed by atoms with E-state index in [1.54, 1.807) is 0 Å². The van der Waals surface area contributed by atoms with Gasteiger partial charge in [-0.15, -0.1) is 0 Å². The number of nitrogens with one attached hydrogen (secondary N) is 1. The molecule has 0 saturated heterocycles. The molecule has 5 heteroatoms. The molecule has 2 atom stereocenters. The van der Waals surface area contributed by atoms with Crippen LogP contribution >= 0.6 is 0 Å². The lowest BCUT2D eigenvalue weighted by atomic mass is 9.89. The smallest absolute Gasteiger partial charge is 0.374 e. The molecule has 1 N–H and O–H groups in total. The second kappa shape index (κ2) is 8.00. The predicted molar refractivity (Wildman–Crippen MR) is 67.7 cm³/mol. The van der Waals surface area contributed by atoms with E-state index in [2.05, 4.69) is 5.32 Å². The van der Waals surface area contributed by atoms with Crippen molar-refractivity contribution in [1.82, 2.24) is 5.32 Å². The van der Waals surface area contributed by atoms with Crippen LogP contribution in [0.5, 0.6) is 0 Å². The van der Waals surface area contributed by atoms with Crippen LogP contribution < -0.4 is 5.32 Å². The fraction of sp³-hybridized carbons (Fsp3) is 1.00. The summed E-state index contributed by atoms with van der Waals surface area (Å²) in [7, 11) is 0. The molecule has 0 aromatic carbocycles. The minimum atomic E-state index is -4.06. The molecule has 0 aromatic rings. The second-order valence-corrected chi connectivity index (χ2v) is 4.72. The van der Waals surface area contributed by atoms with Crippen molar-refractivity contribution in [2.75, 3.05) is 13.2 Å². The Labute approximate surface area is 108 Å². The van der Waals surface area contributed by atoms with Gasteiger partial charge < -0.3 is 10.1 Å². The summed E-state index contributed by atoms with van der Waals surface area (Å²) in [5.74, 6) is 0. The molecule has 18 heavy (non-hydrogen) atoms. The molecule has 0 rings (SSSR count). The van der Waals surface area contributed by atoms with Crippen molar-refractivity contribution in [2.45, 2.75) is 71.2 Å². The number of hydrogen-bond acceptors (Lipinski definition) is 2. The molecule has 0 aliphatic heterocycles. The molecular formula is C13H26F3NO. The van der Waals surface area contributed by atoms with Gasteiger partial charge in [0.15, 0.2) is 0 Å². The van der Waals surface area contributed by atoms with Gasteiger partial charge in [0.2, 0.25) is 0 Å². The van der Waals surface area contributed by atoms with Gasteiger partial charge in [-0.2, -0.15) is 13.2 Å². The molecule has 0 aromatic heterocycles. The van der Waals surface area contributed by atoms with Crippen LogP contribution in [0.3, 0.4) is 0 Å². The summed E-state index contributed by atoms with van der Waals surface area (Å²) in [6.45, 7) is 9.15. The molecular weight excluding hydrogens is 243 g/mol. The monoisotopic (exact) mass is 269 g/mol. The molecule has 2 nitrogen and oxygen atoms in total. The maximum absolute atomic E-state index is 12.2. The van der Waals surface area contributed by atoms with Crippen molar-refractivity contribution in [3.05, 3.63) is 0 Å². The number of likely N-dealkylation sites (N-methyl/N-ethyl adjacent to an activating group) is 1. The summed E-state index contributed by atoms with van der Waals surface area (Å²) < 4.78 is 42.2. The molecule has 0 radical (unpaired) electrons. The minimum absolute atomic E-state index is 0.0326. The first-order chi connectivity index (χ1) is 8.29. The van der Waals surface area contributed by atoms with Gasteiger partial charge in [-0.1, -0.05) is 13.8 Å². The zero-order chi connectivity index (χ0) is 14.2. The quantitative estimate of drug-likeness (QED) is 0.685. The van der Waals surface area contributed by atoms with Crippen LogP contribution in [0.1, 0.15) is 53.4 Å². The average molecular weight is 269 g/mol. The third kappa shape index (κ3) is 6.59. The maximum Gasteiger partial charge on any atom is 0.389 e. The SMILES string of the molecule is CCNC(CCCC(F)(F)F)C(C)(CC)OCC. The molecule has 0 heterocycles. The van der Waals surface area contributed by atoms with E-state index >= 15 is 0 Å². The third-order valence-electron chi connectivity index (χ3n) is 3.32. The summed E-state index contributed by atoms with van der Waals surface area (Å²) in [6.07, 6.45) is -3.38. The Bertz CT molecular complexity index is 221. The summed E-state index contributed by atoms with van der Waals surface area (Å²) in [6, 6.07) is -0.0326. The average Bonchev–Trinajstić information content (AvgIpc) is 2.26. The molecule has 0 aliphatic carbocycles. The normalized spacial score (nSPS) is 17.5. The highest BCUT2D eigenvalue weighted by molar-refractivity contribution is 4.88. The zero-order valence-corrected chi connectivity index (χ0v) is 11.9. The Morgan fingerprint density at radius 2 is 1.78 bits per heavy atom. The third-order valence-corrected chi connectivity index (χ3v) is 3.32. The van der Waals surface area contributed by atoms with Gasteiger partial charge in [-0.25, -0.2) is 0 Å². The van der Waals surface area contributed by atoms with E-state index < -0.39 is 18.2 Å². The maximum atomic E-state index is 12.2. The highest BCUT2D eigenvalue weighted by atomic mass is 19.4. The number of hydrogen-bond donors (Lipinski definition) is 1. The standard InChI is InChI=1S/C13H26F3NO/c1-5-12(4,18-7-3)11(17-6-2)9-8-10-13(14,15)16/h11,17H,5-10H2,1-4H3. The van der Waals surface area contributed by atoms with E-state index in [9.17, 15) is 13.2 Å². The first kappa shape index (κ1) is 17.7. The first-order valence-electron chi connectivity index (χ1n) is 6.73. The Hall–Kier alpha value is -0.290. The van der Waals surface area contributed by atoms with E-state index in [0.717, 1.165) is 13.0 Å². The Balaban J connectivity index is 4.44. The summed E-state index contributed by atoms with van der Waals surface area (Å²) in [4.78, 5) is 0. The molecule has 0 amide bonds. The molecule has 110 valence electrons. The number of rotatable bonds is 9. The summed E-state index contributed by atoms with van der Waals surface area (Å²) >= 11 is 0. The zero-order valence-electron chi connectivity index (χ0n) is 11.9. The van der Waals surface area contributed by atoms with Crippen molar-refractivity contribution in [2.24, 2.45) is 0 Å². The van der Waals surface area contributed by atoms with Crippen LogP contribution in [-0.4, -0.2) is 31.0 Å². The minimum Gasteiger partial charge on any atom is -0.374 e.